The van der Waals surface area contributed by atoms with Crippen LogP contribution in [0.3, 0.4) is 0 Å². The molecule has 0 spiro atoms. The van der Waals surface area contributed by atoms with Crippen LogP contribution in [0, 0.1) is 11.8 Å². The van der Waals surface area contributed by atoms with Gasteiger partial charge in [0.2, 0.25) is 0 Å². The third-order valence-electron chi connectivity index (χ3n) is 2.30. The Labute approximate surface area is 102 Å². The second kappa shape index (κ2) is 7.25. The lowest BCUT2D eigenvalue weighted by Gasteiger charge is -2.19. The van der Waals surface area contributed by atoms with Crippen molar-refractivity contribution >= 4 is 23.9 Å². The fourth-order valence-electron chi connectivity index (χ4n) is 1.42. The van der Waals surface area contributed by atoms with Gasteiger partial charge in [-0.1, -0.05) is 0 Å². The van der Waals surface area contributed by atoms with Crippen LogP contribution in [0.2, 0.25) is 0 Å². The number of hydrogen-bond acceptors (Lipinski definition) is 6. The standard InChI is InChI=1S/C10H14O8/c1-17-9(15)5(3-4-6(11)12)7(8(13)14)10(16)18-2/h5,7H,3-4H2,1-2H3,(H,11,12)(H,13,14). The first-order valence-electron chi connectivity index (χ1n) is 4.95. The molecule has 0 aliphatic rings. The van der Waals surface area contributed by atoms with Gasteiger partial charge in [-0.2, -0.15) is 0 Å². The lowest BCUT2D eigenvalue weighted by molar-refractivity contribution is -0.167. The Morgan fingerprint density at radius 2 is 1.50 bits per heavy atom. The smallest absolute Gasteiger partial charge is 0.320 e. The number of ether oxygens (including phenoxy) is 2. The molecule has 0 heterocycles. The summed E-state index contributed by atoms with van der Waals surface area (Å²) in [7, 11) is 2.00. The molecular weight excluding hydrogens is 248 g/mol. The molecule has 0 aromatic heterocycles. The second-order valence-electron chi connectivity index (χ2n) is 3.40. The highest BCUT2D eigenvalue weighted by Crippen LogP contribution is 2.21. The molecule has 2 unspecified atom stereocenters. The van der Waals surface area contributed by atoms with E-state index in [2.05, 4.69) is 9.47 Å². The van der Waals surface area contributed by atoms with Crippen molar-refractivity contribution in [3.8, 4) is 0 Å². The molecule has 18 heavy (non-hydrogen) atoms. The average molecular weight is 262 g/mol. The fourth-order valence-corrected chi connectivity index (χ4v) is 1.42. The van der Waals surface area contributed by atoms with Crippen LogP contribution in [0.4, 0.5) is 0 Å². The van der Waals surface area contributed by atoms with Crippen LogP contribution in [0.1, 0.15) is 12.8 Å². The minimum Gasteiger partial charge on any atom is -0.481 e. The van der Waals surface area contributed by atoms with Crippen LogP contribution in [0.5, 0.6) is 0 Å². The maximum atomic E-state index is 11.4. The molecule has 0 aromatic rings. The van der Waals surface area contributed by atoms with Crippen molar-refractivity contribution in [2.24, 2.45) is 11.8 Å². The molecule has 0 bridgehead atoms. The van der Waals surface area contributed by atoms with E-state index in [4.69, 9.17) is 10.2 Å². The first kappa shape index (κ1) is 15.9. The highest BCUT2D eigenvalue weighted by molar-refractivity contribution is 5.98. The van der Waals surface area contributed by atoms with Gasteiger partial charge < -0.3 is 19.7 Å². The molecule has 0 amide bonds. The maximum Gasteiger partial charge on any atom is 0.320 e. The number of methoxy groups -OCH3 is 2. The number of aliphatic carboxylic acids is 2. The van der Waals surface area contributed by atoms with Gasteiger partial charge in [-0.3, -0.25) is 19.2 Å². The minimum absolute atomic E-state index is 0.325. The third-order valence-corrected chi connectivity index (χ3v) is 2.30. The van der Waals surface area contributed by atoms with Gasteiger partial charge in [0.15, 0.2) is 5.92 Å². The number of carbonyl (C=O) groups is 4. The third kappa shape index (κ3) is 4.40. The Balaban J connectivity index is 5.10. The predicted molar refractivity (Wildman–Crippen MR) is 55.5 cm³/mol. The zero-order valence-electron chi connectivity index (χ0n) is 9.91. The molecule has 0 rings (SSSR count). The Morgan fingerprint density at radius 1 is 1.00 bits per heavy atom. The number of rotatable bonds is 7. The van der Waals surface area contributed by atoms with Gasteiger partial charge in [0.05, 0.1) is 20.1 Å². The van der Waals surface area contributed by atoms with E-state index in [9.17, 15) is 19.2 Å². The molecule has 0 fully saturated rings. The van der Waals surface area contributed by atoms with E-state index in [1.54, 1.807) is 0 Å². The maximum absolute atomic E-state index is 11.4. The lowest BCUT2D eigenvalue weighted by Crippen LogP contribution is -2.37. The average Bonchev–Trinajstić information content (AvgIpc) is 2.31. The van der Waals surface area contributed by atoms with E-state index in [1.807, 2.05) is 0 Å². The summed E-state index contributed by atoms with van der Waals surface area (Å²) in [6, 6.07) is 0. The number of carbonyl (C=O) groups excluding carboxylic acids is 2. The van der Waals surface area contributed by atoms with Gasteiger partial charge in [-0.15, -0.1) is 0 Å². The summed E-state index contributed by atoms with van der Waals surface area (Å²) in [6.07, 6.45) is -0.783. The summed E-state index contributed by atoms with van der Waals surface area (Å²) in [5, 5.41) is 17.4. The van der Waals surface area contributed by atoms with Gasteiger partial charge in [-0.25, -0.2) is 0 Å². The van der Waals surface area contributed by atoms with Gasteiger partial charge in [0.25, 0.3) is 0 Å². The van der Waals surface area contributed by atoms with Crippen molar-refractivity contribution in [1.82, 2.24) is 0 Å². The summed E-state index contributed by atoms with van der Waals surface area (Å²) in [5.74, 6) is -8.03. The molecule has 0 aliphatic heterocycles. The zero-order valence-corrected chi connectivity index (χ0v) is 9.91. The summed E-state index contributed by atoms with van der Waals surface area (Å²) >= 11 is 0. The SMILES string of the molecule is COC(=O)C(CCC(=O)O)C(C(=O)O)C(=O)OC. The molecule has 0 saturated heterocycles. The molecule has 102 valence electrons. The fraction of sp³-hybridized carbons (Fsp3) is 0.600. The van der Waals surface area contributed by atoms with Gasteiger partial charge in [0.1, 0.15) is 0 Å². The van der Waals surface area contributed by atoms with Crippen molar-refractivity contribution in [3.05, 3.63) is 0 Å². The largest absolute Gasteiger partial charge is 0.481 e. The number of carboxylic acid groups (broad SMARTS) is 2. The molecule has 0 aliphatic carbocycles. The van der Waals surface area contributed by atoms with Crippen molar-refractivity contribution in [2.45, 2.75) is 12.8 Å². The van der Waals surface area contributed by atoms with Crippen LogP contribution in [0.15, 0.2) is 0 Å². The predicted octanol–water partition coefficient (Wildman–Crippen LogP) is -0.486. The molecular formula is C10H14O8. The van der Waals surface area contributed by atoms with Gasteiger partial charge in [-0.05, 0) is 6.42 Å². The quantitative estimate of drug-likeness (QED) is 0.465. The van der Waals surface area contributed by atoms with Crippen LogP contribution in [-0.2, 0) is 28.7 Å². The summed E-state index contributed by atoms with van der Waals surface area (Å²) in [6.45, 7) is 0. The normalized spacial score (nSPS) is 13.2. The number of hydrogen-bond donors (Lipinski definition) is 2. The van der Waals surface area contributed by atoms with E-state index in [0.717, 1.165) is 14.2 Å². The first-order chi connectivity index (χ1) is 8.34. The van der Waals surface area contributed by atoms with E-state index in [0.29, 0.717) is 0 Å². The number of carboxylic acids is 2. The molecule has 8 heteroatoms. The zero-order chi connectivity index (χ0) is 14.3. The Kier molecular flexibility index (Phi) is 6.40. The Hall–Kier alpha value is -2.12. The molecule has 2 N–H and O–H groups in total. The summed E-state index contributed by atoms with van der Waals surface area (Å²) < 4.78 is 8.65. The Morgan fingerprint density at radius 3 is 1.83 bits per heavy atom. The topological polar surface area (TPSA) is 127 Å². The van der Waals surface area contributed by atoms with E-state index in [-0.39, 0.29) is 6.42 Å². The van der Waals surface area contributed by atoms with Crippen molar-refractivity contribution in [2.75, 3.05) is 14.2 Å². The Bertz CT molecular complexity index is 348. The lowest BCUT2D eigenvalue weighted by atomic mass is 9.88. The van der Waals surface area contributed by atoms with Gasteiger partial charge in [0, 0.05) is 6.42 Å². The summed E-state index contributed by atoms with van der Waals surface area (Å²) in [4.78, 5) is 44.1. The van der Waals surface area contributed by atoms with Crippen LogP contribution in [-0.4, -0.2) is 48.3 Å². The van der Waals surface area contributed by atoms with Crippen LogP contribution in [0.25, 0.3) is 0 Å². The monoisotopic (exact) mass is 262 g/mol. The summed E-state index contributed by atoms with van der Waals surface area (Å²) in [5.41, 5.74) is 0. The molecule has 0 aromatic carbocycles. The first-order valence-corrected chi connectivity index (χ1v) is 4.95. The number of esters is 2. The van der Waals surface area contributed by atoms with Crippen molar-refractivity contribution < 1.29 is 38.9 Å². The molecule has 8 nitrogen and oxygen atoms in total. The minimum atomic E-state index is -1.78. The van der Waals surface area contributed by atoms with E-state index >= 15 is 0 Å². The van der Waals surface area contributed by atoms with E-state index < -0.39 is 42.1 Å². The second-order valence-corrected chi connectivity index (χ2v) is 3.40. The highest BCUT2D eigenvalue weighted by Gasteiger charge is 2.41. The molecule has 2 atom stereocenters. The van der Waals surface area contributed by atoms with Crippen molar-refractivity contribution in [3.63, 3.8) is 0 Å². The van der Waals surface area contributed by atoms with Crippen LogP contribution >= 0.6 is 0 Å². The van der Waals surface area contributed by atoms with E-state index in [1.165, 1.54) is 0 Å². The van der Waals surface area contributed by atoms with Gasteiger partial charge >= 0.3 is 23.9 Å². The highest BCUT2D eigenvalue weighted by atomic mass is 16.5. The molecule has 0 radical (unpaired) electrons. The molecule has 0 saturated carbocycles. The van der Waals surface area contributed by atoms with Crippen molar-refractivity contribution in [1.29, 1.82) is 0 Å². The van der Waals surface area contributed by atoms with Crippen LogP contribution < -0.4 is 0 Å².